The molecule has 1 saturated heterocycles. The van der Waals surface area contributed by atoms with Crippen molar-refractivity contribution in [1.29, 1.82) is 0 Å². The molecule has 0 spiro atoms. The molecule has 2 rings (SSSR count). The second-order valence-electron chi connectivity index (χ2n) is 10.9. The number of alkyl halides is 3. The molecule has 208 valence electrons. The van der Waals surface area contributed by atoms with Crippen LogP contribution < -0.4 is 4.74 Å². The van der Waals surface area contributed by atoms with Crippen molar-refractivity contribution >= 4 is 8.32 Å². The molecule has 0 radical (unpaired) electrons. The van der Waals surface area contributed by atoms with Crippen LogP contribution in [0.3, 0.4) is 0 Å². The number of benzene rings is 1. The molecule has 1 aliphatic heterocycles. The van der Waals surface area contributed by atoms with Crippen molar-refractivity contribution in [3.63, 3.8) is 0 Å². The Hall–Kier alpha value is -1.17. The molecule has 1 N–H and O–H groups in total. The summed E-state index contributed by atoms with van der Waals surface area (Å²) in [6, 6.07) is 7.52. The third kappa shape index (κ3) is 8.42. The zero-order chi connectivity index (χ0) is 27.1. The predicted octanol–water partition coefficient (Wildman–Crippen LogP) is 5.73. The van der Waals surface area contributed by atoms with E-state index >= 15 is 0 Å². The van der Waals surface area contributed by atoms with E-state index in [0.717, 1.165) is 11.3 Å². The molecule has 10 heteroatoms. The Morgan fingerprint density at radius 2 is 1.67 bits per heavy atom. The summed E-state index contributed by atoms with van der Waals surface area (Å²) in [5.41, 5.74) is 0.967. The van der Waals surface area contributed by atoms with E-state index in [1.165, 1.54) is 7.11 Å². The minimum atomic E-state index is -4.47. The van der Waals surface area contributed by atoms with Gasteiger partial charge in [0.1, 0.15) is 11.9 Å². The first-order chi connectivity index (χ1) is 16.7. The summed E-state index contributed by atoms with van der Waals surface area (Å²) in [4.78, 5) is 0. The van der Waals surface area contributed by atoms with Crippen LogP contribution in [0.2, 0.25) is 18.1 Å². The third-order valence-corrected chi connectivity index (χ3v) is 11.8. The number of aliphatic hydroxyl groups is 1. The van der Waals surface area contributed by atoms with Crippen LogP contribution in [-0.4, -0.2) is 71.4 Å². The van der Waals surface area contributed by atoms with Gasteiger partial charge in [-0.15, -0.1) is 0 Å². The summed E-state index contributed by atoms with van der Waals surface area (Å²) >= 11 is 0. The van der Waals surface area contributed by atoms with Crippen molar-refractivity contribution in [3.8, 4) is 5.75 Å². The van der Waals surface area contributed by atoms with E-state index in [1.807, 2.05) is 58.1 Å². The maximum Gasteiger partial charge on any atom is 0.413 e. The van der Waals surface area contributed by atoms with Crippen LogP contribution in [-0.2, 0) is 25.2 Å². The molecule has 0 saturated carbocycles. The summed E-state index contributed by atoms with van der Waals surface area (Å²) < 4.78 is 70.4. The van der Waals surface area contributed by atoms with Crippen LogP contribution >= 0.6 is 0 Å². The van der Waals surface area contributed by atoms with Gasteiger partial charge in [-0.25, -0.2) is 0 Å². The summed E-state index contributed by atoms with van der Waals surface area (Å²) in [5.74, 6) is 0.541. The van der Waals surface area contributed by atoms with Crippen molar-refractivity contribution < 1.29 is 41.7 Å². The van der Waals surface area contributed by atoms with Crippen molar-refractivity contribution in [3.05, 3.63) is 29.8 Å². The van der Waals surface area contributed by atoms with Gasteiger partial charge in [-0.3, -0.25) is 0 Å². The van der Waals surface area contributed by atoms with Crippen molar-refractivity contribution in [2.24, 2.45) is 5.92 Å². The predicted molar refractivity (Wildman–Crippen MR) is 135 cm³/mol. The molecule has 1 aliphatic rings. The summed E-state index contributed by atoms with van der Waals surface area (Å²) in [6.45, 7) is 9.98. The van der Waals surface area contributed by atoms with Crippen molar-refractivity contribution in [2.75, 3.05) is 27.4 Å². The van der Waals surface area contributed by atoms with E-state index in [-0.39, 0.29) is 36.5 Å². The molecule has 0 amide bonds. The fourth-order valence-corrected chi connectivity index (χ4v) is 5.55. The Balaban J connectivity index is 2.05. The monoisotopic (exact) mass is 536 g/mol. The molecule has 1 unspecified atom stereocenters. The second-order valence-corrected chi connectivity index (χ2v) is 15.7. The fourth-order valence-electron chi connectivity index (χ4n) is 4.23. The van der Waals surface area contributed by atoms with Gasteiger partial charge in [0.2, 0.25) is 0 Å². The Labute approximate surface area is 214 Å². The number of hydrogen-bond acceptors (Lipinski definition) is 6. The number of ether oxygens (including phenoxy) is 4. The molecular weight excluding hydrogens is 493 g/mol. The average Bonchev–Trinajstić information content (AvgIpc) is 3.12. The topological polar surface area (TPSA) is 66.4 Å². The van der Waals surface area contributed by atoms with E-state index in [2.05, 4.69) is 0 Å². The van der Waals surface area contributed by atoms with Gasteiger partial charge < -0.3 is 28.5 Å². The van der Waals surface area contributed by atoms with Crippen LogP contribution in [0, 0.1) is 5.92 Å². The normalized spacial score (nSPS) is 24.2. The maximum atomic E-state index is 13.9. The lowest BCUT2D eigenvalue weighted by Crippen LogP contribution is -2.48. The summed E-state index contributed by atoms with van der Waals surface area (Å²) in [6.07, 6.45) is -7.42. The SMILES string of the molecule is COc1ccc(COC[C@@H]2[C@@H](OC)[C@@H](CCC(O[Si](C)(C)C(C)(C)C)C(F)(F)F)O[C@H]2CCO)cc1. The summed E-state index contributed by atoms with van der Waals surface area (Å²) in [5, 5.41) is 9.19. The van der Waals surface area contributed by atoms with Crippen LogP contribution in [0.5, 0.6) is 5.75 Å². The van der Waals surface area contributed by atoms with Crippen LogP contribution in [0.25, 0.3) is 0 Å². The highest BCUT2D eigenvalue weighted by Crippen LogP contribution is 2.41. The van der Waals surface area contributed by atoms with Gasteiger partial charge in [0.05, 0.1) is 38.6 Å². The van der Waals surface area contributed by atoms with Gasteiger partial charge >= 0.3 is 6.18 Å². The highest BCUT2D eigenvalue weighted by atomic mass is 28.4. The first-order valence-electron chi connectivity index (χ1n) is 12.5. The number of aliphatic hydroxyl groups excluding tert-OH is 1. The largest absolute Gasteiger partial charge is 0.497 e. The Morgan fingerprint density at radius 3 is 2.17 bits per heavy atom. The van der Waals surface area contributed by atoms with E-state index < -0.39 is 32.8 Å². The molecule has 5 atom stereocenters. The zero-order valence-electron chi connectivity index (χ0n) is 22.6. The maximum absolute atomic E-state index is 13.9. The van der Waals surface area contributed by atoms with Crippen LogP contribution in [0.1, 0.15) is 45.6 Å². The Bertz CT molecular complexity index is 781. The molecule has 1 aromatic carbocycles. The van der Waals surface area contributed by atoms with E-state index in [4.69, 9.17) is 23.4 Å². The fraction of sp³-hybridized carbons (Fsp3) is 0.769. The molecule has 1 fully saturated rings. The van der Waals surface area contributed by atoms with Crippen molar-refractivity contribution in [1.82, 2.24) is 0 Å². The Kier molecular flexibility index (Phi) is 11.3. The van der Waals surface area contributed by atoms with Gasteiger partial charge in [-0.05, 0) is 55.1 Å². The van der Waals surface area contributed by atoms with E-state index in [9.17, 15) is 18.3 Å². The quantitative estimate of drug-likeness (QED) is 0.325. The smallest absolute Gasteiger partial charge is 0.413 e. The lowest BCUT2D eigenvalue weighted by molar-refractivity contribution is -0.202. The minimum Gasteiger partial charge on any atom is -0.497 e. The standard InChI is InChI=1S/C26H43F3O6Si/c1-25(2,3)36(6,7)35-23(26(27,28)29)13-12-22-24(32-5)20(21(34-22)14-15-30)17-33-16-18-8-10-19(31-4)11-9-18/h8-11,20-24,30H,12-17H2,1-7H3/t20-,21-,22+,23?,24+/m0/s1. The molecular formula is C26H43F3O6Si. The summed E-state index contributed by atoms with van der Waals surface area (Å²) in [7, 11) is 0.507. The lowest BCUT2D eigenvalue weighted by Gasteiger charge is -2.40. The molecule has 1 aromatic rings. The number of halogens is 3. The van der Waals surface area contributed by atoms with E-state index in [0.29, 0.717) is 19.6 Å². The minimum absolute atomic E-state index is 0.0948. The van der Waals surface area contributed by atoms with Crippen LogP contribution in [0.15, 0.2) is 24.3 Å². The third-order valence-electron chi connectivity index (χ3n) is 7.36. The van der Waals surface area contributed by atoms with Gasteiger partial charge in [0.25, 0.3) is 0 Å². The van der Waals surface area contributed by atoms with Crippen LogP contribution in [0.4, 0.5) is 13.2 Å². The lowest BCUT2D eigenvalue weighted by atomic mass is 9.93. The van der Waals surface area contributed by atoms with Gasteiger partial charge in [0, 0.05) is 19.6 Å². The molecule has 0 bridgehead atoms. The second kappa shape index (κ2) is 13.1. The number of methoxy groups -OCH3 is 2. The molecule has 1 heterocycles. The molecule has 6 nitrogen and oxygen atoms in total. The van der Waals surface area contributed by atoms with E-state index in [1.54, 1.807) is 7.11 Å². The highest BCUT2D eigenvalue weighted by molar-refractivity contribution is 6.74. The van der Waals surface area contributed by atoms with Gasteiger partial charge in [-0.2, -0.15) is 13.2 Å². The first-order valence-corrected chi connectivity index (χ1v) is 15.4. The van der Waals surface area contributed by atoms with Gasteiger partial charge in [-0.1, -0.05) is 32.9 Å². The highest BCUT2D eigenvalue weighted by Gasteiger charge is 2.49. The number of rotatable bonds is 13. The first kappa shape index (κ1) is 31.0. The van der Waals surface area contributed by atoms with Crippen molar-refractivity contribution in [2.45, 2.75) is 95.4 Å². The molecule has 36 heavy (non-hydrogen) atoms. The molecule has 0 aromatic heterocycles. The average molecular weight is 537 g/mol. The van der Waals surface area contributed by atoms with Gasteiger partial charge in [0.15, 0.2) is 8.32 Å². The molecule has 0 aliphatic carbocycles. The Morgan fingerprint density at radius 1 is 1.03 bits per heavy atom. The number of hydrogen-bond donors (Lipinski definition) is 1. The zero-order valence-corrected chi connectivity index (χ0v) is 23.6.